The summed E-state index contributed by atoms with van der Waals surface area (Å²) in [7, 11) is 4.84. The van der Waals surface area contributed by atoms with Crippen LogP contribution in [0.4, 0.5) is 0 Å². The first-order chi connectivity index (χ1) is 37.8. The molecule has 0 saturated carbocycles. The summed E-state index contributed by atoms with van der Waals surface area (Å²) in [6, 6.07) is 0. The normalized spacial score (nSPS) is 17.2. The fourth-order valence-electron chi connectivity index (χ4n) is 6.56. The van der Waals surface area contributed by atoms with Crippen molar-refractivity contribution in [3.63, 3.8) is 0 Å². The van der Waals surface area contributed by atoms with Crippen molar-refractivity contribution in [2.75, 3.05) is 79.3 Å². The van der Waals surface area contributed by atoms with E-state index in [2.05, 4.69) is 207 Å². The Labute approximate surface area is 596 Å². The van der Waals surface area contributed by atoms with Gasteiger partial charge >= 0.3 is 91.8 Å². The van der Waals surface area contributed by atoms with Crippen molar-refractivity contribution in [2.24, 2.45) is 0 Å². The minimum absolute atomic E-state index is 0. The van der Waals surface area contributed by atoms with Gasteiger partial charge < -0.3 is 69.2 Å². The standard InChI is InChI=1S/4C10H18N2P.6C4H8O.K.Sm/c4*1-9(2,3)7-11-12-8(13-7)10(4,5)6;6*1-2-4-5-3-1;;/h4*1-6H3;6*1-4H2;;/q4*-1;;;;;;;+1;+3. The zero-order chi connectivity index (χ0) is 62.3. The summed E-state index contributed by atoms with van der Waals surface area (Å²) >= 11 is 0. The molecule has 10 heterocycles. The van der Waals surface area contributed by atoms with Crippen molar-refractivity contribution < 1.29 is 120 Å². The topological polar surface area (TPSA) is 163 Å². The first-order valence-corrected chi connectivity index (χ1v) is 34.4. The zero-order valence-electron chi connectivity index (χ0n) is 58.2. The average Bonchev–Trinajstić information content (AvgIpc) is 4.44. The summed E-state index contributed by atoms with van der Waals surface area (Å²) in [4.78, 5) is 0. The van der Waals surface area contributed by atoms with Crippen LogP contribution < -0.4 is 71.8 Å². The van der Waals surface area contributed by atoms with Gasteiger partial charge in [-0.1, -0.05) is 199 Å². The largest absolute Gasteiger partial charge is 3.00 e. The van der Waals surface area contributed by atoms with Crippen molar-refractivity contribution in [3.8, 4) is 0 Å². The second-order valence-corrected chi connectivity index (χ2v) is 34.0. The molecule has 6 aliphatic rings. The van der Waals surface area contributed by atoms with Crippen LogP contribution in [-0.4, -0.2) is 99.7 Å². The fourth-order valence-corrected chi connectivity index (χ4v) is 10.8. The summed E-state index contributed by atoms with van der Waals surface area (Å²) in [5.74, 6) is 0. The Morgan fingerprint density at radius 1 is 0.238 bits per heavy atom. The SMILES string of the molecule is C1CCOC1.C1CCOC1.C1CCOC1.C1CCOC1.C1CCOC1.C1CCOC1.CC(C)(C)c1n[n-]c(C(C)(C)C)p1.CC(C)(C)c1n[n-]c(C(C)(C)C)p1.CC(C)(C)c1n[n-]c(C(C)(C)C)p1.CC(C)(C)c1n[n-]c(C(C)(C)C)p1.[K+].[Sm+3]. The number of hydrogen-bond donors (Lipinski definition) is 0. The molecule has 0 aromatic carbocycles. The molecule has 20 heteroatoms. The van der Waals surface area contributed by atoms with Crippen molar-refractivity contribution in [1.82, 2.24) is 40.8 Å². The number of nitrogens with zero attached hydrogens (tertiary/aromatic N) is 8. The smallest absolute Gasteiger partial charge is 0.574 e. The monoisotopic (exact) mass is 1410 g/mol. The third-order valence-electron chi connectivity index (χ3n) is 12.1. The first-order valence-electron chi connectivity index (χ1n) is 30.8. The summed E-state index contributed by atoms with van der Waals surface area (Å²) in [6.45, 7) is 64.3. The molecule has 6 saturated heterocycles. The van der Waals surface area contributed by atoms with Crippen LogP contribution in [-0.2, 0) is 71.7 Å². The predicted molar refractivity (Wildman–Crippen MR) is 350 cm³/mol. The summed E-state index contributed by atoms with van der Waals surface area (Å²) < 4.78 is 29.7. The van der Waals surface area contributed by atoms with E-state index in [9.17, 15) is 0 Å². The van der Waals surface area contributed by atoms with E-state index in [1.165, 1.54) is 153 Å². The molecule has 10 rings (SSSR count). The van der Waals surface area contributed by atoms with Crippen LogP contribution in [0.25, 0.3) is 0 Å². The predicted octanol–water partition coefficient (Wildman–Crippen LogP) is 14.6. The second-order valence-electron chi connectivity index (χ2n) is 29.8. The molecule has 4 aromatic rings. The Morgan fingerprint density at radius 3 is 0.405 bits per heavy atom. The molecule has 4 aromatic heterocycles. The van der Waals surface area contributed by atoms with Gasteiger partial charge in [-0.3, -0.25) is 0 Å². The van der Waals surface area contributed by atoms with Crippen LogP contribution in [0, 0.1) is 40.4 Å². The Morgan fingerprint density at radius 2 is 0.357 bits per heavy atom. The molecule has 0 unspecified atom stereocenters. The van der Waals surface area contributed by atoms with Crippen LogP contribution in [0.5, 0.6) is 0 Å². The summed E-state index contributed by atoms with van der Waals surface area (Å²) in [5, 5.41) is 34.0. The van der Waals surface area contributed by atoms with Gasteiger partial charge in [0.25, 0.3) is 0 Å². The maximum atomic E-state index is 4.94. The van der Waals surface area contributed by atoms with Gasteiger partial charge in [0, 0.05) is 123 Å². The Hall–Kier alpha value is 1.29. The third-order valence-corrected chi connectivity index (χ3v) is 19.9. The minimum atomic E-state index is 0. The van der Waals surface area contributed by atoms with E-state index in [1.54, 1.807) is 0 Å². The van der Waals surface area contributed by atoms with E-state index in [-0.39, 0.29) is 135 Å². The second kappa shape index (κ2) is 44.0. The molecular formula is C64H120KN8O6P4Sm. The van der Waals surface area contributed by atoms with Gasteiger partial charge in [0.2, 0.25) is 0 Å². The first kappa shape index (κ1) is 87.4. The van der Waals surface area contributed by atoms with Crippen molar-refractivity contribution >= 4 is 32.8 Å². The van der Waals surface area contributed by atoms with Gasteiger partial charge in [0.05, 0.1) is 0 Å². The van der Waals surface area contributed by atoms with E-state index >= 15 is 0 Å². The molecule has 0 bridgehead atoms. The number of ether oxygens (including phenoxy) is 6. The Kier molecular flexibility index (Phi) is 45.8. The summed E-state index contributed by atoms with van der Waals surface area (Å²) in [6.07, 6.45) is 15.3. The van der Waals surface area contributed by atoms with Crippen molar-refractivity contribution in [3.05, 3.63) is 43.4 Å². The van der Waals surface area contributed by atoms with E-state index in [1.807, 2.05) is 0 Å². The molecule has 6 aliphatic heterocycles. The van der Waals surface area contributed by atoms with Crippen LogP contribution in [0.1, 0.15) is 287 Å². The molecule has 0 atom stereocenters. The van der Waals surface area contributed by atoms with E-state index in [4.69, 9.17) is 28.4 Å². The van der Waals surface area contributed by atoms with E-state index in [0.717, 1.165) is 79.3 Å². The van der Waals surface area contributed by atoms with Crippen molar-refractivity contribution in [2.45, 2.75) is 287 Å². The Balaban J connectivity index is 0. The maximum Gasteiger partial charge on any atom is 3.00 e. The minimum Gasteiger partial charge on any atom is -0.574 e. The number of rotatable bonds is 0. The number of aromatic nitrogens is 8. The van der Waals surface area contributed by atoms with Crippen LogP contribution >= 0.6 is 32.8 Å². The molecule has 14 nitrogen and oxygen atoms in total. The third kappa shape index (κ3) is 42.4. The van der Waals surface area contributed by atoms with Gasteiger partial charge in [0.15, 0.2) is 0 Å². The average molecular weight is 1410 g/mol. The van der Waals surface area contributed by atoms with Crippen LogP contribution in [0.2, 0.25) is 0 Å². The molecular weight excluding hydrogens is 1290 g/mol. The Bertz CT molecular complexity index is 1710. The molecule has 6 fully saturated rings. The molecule has 0 spiro atoms. The van der Waals surface area contributed by atoms with Crippen LogP contribution in [0.3, 0.4) is 0 Å². The van der Waals surface area contributed by atoms with Gasteiger partial charge in [-0.25, -0.2) is 0 Å². The molecule has 1 radical (unpaired) electrons. The van der Waals surface area contributed by atoms with Gasteiger partial charge in [0.1, 0.15) is 0 Å². The van der Waals surface area contributed by atoms with Crippen molar-refractivity contribution in [1.29, 1.82) is 0 Å². The van der Waals surface area contributed by atoms with Gasteiger partial charge in [-0.05, 0) is 98.7 Å². The van der Waals surface area contributed by atoms with E-state index in [0.29, 0.717) is 0 Å². The molecule has 0 amide bonds. The number of hydrogen-bond acceptors (Lipinski definition) is 10. The summed E-state index contributed by atoms with van der Waals surface area (Å²) in [5.41, 5.74) is 10.6. The molecule has 0 N–H and O–H groups in total. The molecule has 84 heavy (non-hydrogen) atoms. The zero-order valence-corrected chi connectivity index (χ0v) is 67.5. The van der Waals surface area contributed by atoms with Crippen LogP contribution in [0.15, 0.2) is 0 Å². The fraction of sp³-hybridized carbons (Fsp3) is 0.875. The molecule has 479 valence electrons. The van der Waals surface area contributed by atoms with Gasteiger partial charge in [-0.2, -0.15) is 0 Å². The maximum absolute atomic E-state index is 4.94. The quantitative estimate of drug-likeness (QED) is 0.153. The van der Waals surface area contributed by atoms with Gasteiger partial charge in [-0.15, -0.1) is 21.7 Å². The molecule has 0 aliphatic carbocycles. The van der Waals surface area contributed by atoms with E-state index < -0.39 is 0 Å².